The van der Waals surface area contributed by atoms with E-state index in [1.807, 2.05) is 6.07 Å². The van der Waals surface area contributed by atoms with Gasteiger partial charge in [0.25, 0.3) is 0 Å². The van der Waals surface area contributed by atoms with Crippen molar-refractivity contribution in [1.82, 2.24) is 5.32 Å². The average molecular weight is 286 g/mol. The number of ether oxygens (including phenoxy) is 1. The summed E-state index contributed by atoms with van der Waals surface area (Å²) in [7, 11) is 0. The summed E-state index contributed by atoms with van der Waals surface area (Å²) < 4.78 is 19.1. The van der Waals surface area contributed by atoms with Crippen molar-refractivity contribution >= 4 is 11.6 Å². The molecular formula is C15H21ClFNO. The van der Waals surface area contributed by atoms with Crippen LogP contribution in [0, 0.1) is 18.7 Å². The van der Waals surface area contributed by atoms with Crippen LogP contribution >= 0.6 is 11.6 Å². The van der Waals surface area contributed by atoms with E-state index in [0.717, 1.165) is 38.2 Å². The minimum atomic E-state index is -0.246. The molecule has 1 N–H and O–H groups in total. The Balaban J connectivity index is 2.29. The average Bonchev–Trinajstić information content (AvgIpc) is 2.42. The molecule has 1 aromatic rings. The van der Waals surface area contributed by atoms with E-state index in [9.17, 15) is 4.39 Å². The van der Waals surface area contributed by atoms with Crippen LogP contribution in [-0.2, 0) is 4.74 Å². The first-order valence-corrected chi connectivity index (χ1v) is 7.28. The van der Waals surface area contributed by atoms with Gasteiger partial charge < -0.3 is 10.1 Å². The van der Waals surface area contributed by atoms with Crippen LogP contribution < -0.4 is 5.32 Å². The van der Waals surface area contributed by atoms with Crippen molar-refractivity contribution in [2.75, 3.05) is 19.8 Å². The normalized spacial score (nSPS) is 21.4. The molecule has 0 aromatic heterocycles. The van der Waals surface area contributed by atoms with Crippen molar-refractivity contribution in [2.24, 2.45) is 5.92 Å². The Kier molecular flexibility index (Phi) is 5.20. The lowest BCUT2D eigenvalue weighted by Gasteiger charge is -2.32. The van der Waals surface area contributed by atoms with Gasteiger partial charge in [-0.25, -0.2) is 4.39 Å². The first-order chi connectivity index (χ1) is 9.13. The Labute approximate surface area is 119 Å². The summed E-state index contributed by atoms with van der Waals surface area (Å²) >= 11 is 6.23. The second-order valence-electron chi connectivity index (χ2n) is 5.14. The number of hydrogen-bond donors (Lipinski definition) is 1. The maximum absolute atomic E-state index is 13.5. The predicted octanol–water partition coefficient (Wildman–Crippen LogP) is 3.86. The van der Waals surface area contributed by atoms with E-state index in [1.165, 1.54) is 6.07 Å². The van der Waals surface area contributed by atoms with Crippen molar-refractivity contribution in [1.29, 1.82) is 0 Å². The molecule has 1 aliphatic rings. The number of hydrogen-bond acceptors (Lipinski definition) is 2. The van der Waals surface area contributed by atoms with E-state index in [0.29, 0.717) is 16.5 Å². The second-order valence-corrected chi connectivity index (χ2v) is 5.54. The van der Waals surface area contributed by atoms with E-state index in [2.05, 4.69) is 12.2 Å². The van der Waals surface area contributed by atoms with Crippen LogP contribution in [-0.4, -0.2) is 19.8 Å². The SMILES string of the molecule is CCNC(c1cc(C)c(F)cc1Cl)C1CCCOC1. The lowest BCUT2D eigenvalue weighted by molar-refractivity contribution is 0.0393. The summed E-state index contributed by atoms with van der Waals surface area (Å²) in [5.41, 5.74) is 1.62. The molecule has 0 spiro atoms. The van der Waals surface area contributed by atoms with Gasteiger partial charge in [0.05, 0.1) is 6.61 Å². The number of benzene rings is 1. The Morgan fingerprint density at radius 1 is 1.53 bits per heavy atom. The third-order valence-corrected chi connectivity index (χ3v) is 4.03. The van der Waals surface area contributed by atoms with Crippen molar-refractivity contribution in [3.63, 3.8) is 0 Å². The van der Waals surface area contributed by atoms with E-state index < -0.39 is 0 Å². The molecule has 19 heavy (non-hydrogen) atoms. The van der Waals surface area contributed by atoms with E-state index in [1.54, 1.807) is 6.92 Å². The molecule has 106 valence electrons. The summed E-state index contributed by atoms with van der Waals surface area (Å²) in [5, 5.41) is 3.97. The molecule has 1 fully saturated rings. The highest BCUT2D eigenvalue weighted by Crippen LogP contribution is 2.34. The largest absolute Gasteiger partial charge is 0.381 e. The van der Waals surface area contributed by atoms with Crippen LogP contribution in [0.1, 0.15) is 36.9 Å². The van der Waals surface area contributed by atoms with Gasteiger partial charge in [0, 0.05) is 23.6 Å². The zero-order valence-corrected chi connectivity index (χ0v) is 12.3. The maximum Gasteiger partial charge on any atom is 0.127 e. The van der Waals surface area contributed by atoms with Crippen LogP contribution in [0.25, 0.3) is 0 Å². The first kappa shape index (κ1) is 14.8. The van der Waals surface area contributed by atoms with Gasteiger partial charge in [-0.05, 0) is 43.5 Å². The maximum atomic E-state index is 13.5. The molecule has 4 heteroatoms. The molecule has 0 bridgehead atoms. The summed E-state index contributed by atoms with van der Waals surface area (Å²) in [6.45, 7) is 6.28. The zero-order valence-electron chi connectivity index (χ0n) is 11.5. The van der Waals surface area contributed by atoms with Gasteiger partial charge in [-0.1, -0.05) is 24.6 Å². The van der Waals surface area contributed by atoms with Gasteiger partial charge >= 0.3 is 0 Å². The Morgan fingerprint density at radius 2 is 2.32 bits per heavy atom. The van der Waals surface area contributed by atoms with Crippen LogP contribution in [0.3, 0.4) is 0 Å². The zero-order chi connectivity index (χ0) is 13.8. The Hall–Kier alpha value is -0.640. The molecule has 2 atom stereocenters. The lowest BCUT2D eigenvalue weighted by atomic mass is 9.88. The predicted molar refractivity (Wildman–Crippen MR) is 76.1 cm³/mol. The van der Waals surface area contributed by atoms with Crippen LogP contribution in [0.15, 0.2) is 12.1 Å². The highest BCUT2D eigenvalue weighted by molar-refractivity contribution is 6.31. The van der Waals surface area contributed by atoms with Crippen molar-refractivity contribution < 1.29 is 9.13 Å². The van der Waals surface area contributed by atoms with Crippen LogP contribution in [0.2, 0.25) is 5.02 Å². The van der Waals surface area contributed by atoms with Crippen molar-refractivity contribution in [3.8, 4) is 0 Å². The number of halogens is 2. The monoisotopic (exact) mass is 285 g/mol. The first-order valence-electron chi connectivity index (χ1n) is 6.90. The van der Waals surface area contributed by atoms with Gasteiger partial charge in [-0.3, -0.25) is 0 Å². The van der Waals surface area contributed by atoms with Crippen LogP contribution in [0.5, 0.6) is 0 Å². The molecule has 1 heterocycles. The topological polar surface area (TPSA) is 21.3 Å². The fraction of sp³-hybridized carbons (Fsp3) is 0.600. The Bertz CT molecular complexity index is 432. The minimum Gasteiger partial charge on any atom is -0.381 e. The fourth-order valence-corrected chi connectivity index (χ4v) is 2.96. The van der Waals surface area contributed by atoms with Crippen molar-refractivity contribution in [3.05, 3.63) is 34.1 Å². The summed E-state index contributed by atoms with van der Waals surface area (Å²) in [4.78, 5) is 0. The summed E-state index contributed by atoms with van der Waals surface area (Å²) in [5.74, 6) is 0.153. The van der Waals surface area contributed by atoms with E-state index in [4.69, 9.17) is 16.3 Å². The number of aryl methyl sites for hydroxylation is 1. The molecule has 0 amide bonds. The number of nitrogens with one attached hydrogen (secondary N) is 1. The molecule has 0 radical (unpaired) electrons. The standard InChI is InChI=1S/C15H21ClFNO/c1-3-18-15(11-5-4-6-19-9-11)12-7-10(2)14(17)8-13(12)16/h7-8,11,15,18H,3-6,9H2,1-2H3. The molecule has 1 aromatic carbocycles. The van der Waals surface area contributed by atoms with E-state index >= 15 is 0 Å². The molecule has 2 nitrogen and oxygen atoms in total. The highest BCUT2D eigenvalue weighted by Gasteiger charge is 2.27. The van der Waals surface area contributed by atoms with Gasteiger partial charge in [0.2, 0.25) is 0 Å². The van der Waals surface area contributed by atoms with Crippen molar-refractivity contribution in [2.45, 2.75) is 32.7 Å². The third kappa shape index (κ3) is 3.47. The Morgan fingerprint density at radius 3 is 2.95 bits per heavy atom. The minimum absolute atomic E-state index is 0.136. The second kappa shape index (κ2) is 6.69. The van der Waals surface area contributed by atoms with E-state index in [-0.39, 0.29) is 11.9 Å². The van der Waals surface area contributed by atoms with Gasteiger partial charge in [-0.15, -0.1) is 0 Å². The highest BCUT2D eigenvalue weighted by atomic mass is 35.5. The molecule has 2 unspecified atom stereocenters. The summed E-state index contributed by atoms with van der Waals surface area (Å²) in [6, 6.07) is 3.41. The molecule has 1 saturated heterocycles. The van der Waals surface area contributed by atoms with Crippen LogP contribution in [0.4, 0.5) is 4.39 Å². The number of rotatable bonds is 4. The molecule has 1 aliphatic heterocycles. The summed E-state index contributed by atoms with van der Waals surface area (Å²) in [6.07, 6.45) is 2.19. The third-order valence-electron chi connectivity index (χ3n) is 3.70. The fourth-order valence-electron chi connectivity index (χ4n) is 2.70. The molecular weight excluding hydrogens is 265 g/mol. The lowest BCUT2D eigenvalue weighted by Crippen LogP contribution is -2.33. The molecule has 0 aliphatic carbocycles. The van der Waals surface area contributed by atoms with Gasteiger partial charge in [0.1, 0.15) is 5.82 Å². The quantitative estimate of drug-likeness (QED) is 0.907. The van der Waals surface area contributed by atoms with Gasteiger partial charge in [-0.2, -0.15) is 0 Å². The van der Waals surface area contributed by atoms with Gasteiger partial charge in [0.15, 0.2) is 0 Å². The molecule has 0 saturated carbocycles. The molecule has 2 rings (SSSR count). The smallest absolute Gasteiger partial charge is 0.127 e.